The van der Waals surface area contributed by atoms with Gasteiger partial charge in [-0.2, -0.15) is 0 Å². The second-order valence-corrected chi connectivity index (χ2v) is 8.00. The average molecular weight is 399 g/mol. The summed E-state index contributed by atoms with van der Waals surface area (Å²) in [6.45, 7) is 5.71. The van der Waals surface area contributed by atoms with Crippen LogP contribution in [0.25, 0.3) is 0 Å². The molecule has 2 amide bonds. The second-order valence-electron chi connectivity index (χ2n) is 6.23. The second kappa shape index (κ2) is 10.0. The van der Waals surface area contributed by atoms with Gasteiger partial charge in [-0.05, 0) is 51.0 Å². The van der Waals surface area contributed by atoms with Crippen molar-refractivity contribution >= 4 is 27.8 Å². The molecule has 0 aliphatic heterocycles. The van der Waals surface area contributed by atoms with Crippen LogP contribution < -0.4 is 15.4 Å². The van der Waals surface area contributed by atoms with Gasteiger partial charge in [0.1, 0.15) is 6.54 Å². The number of hydrogen-bond acceptors (Lipinski definition) is 6. The number of esters is 1. The Morgan fingerprint density at radius 3 is 2.30 bits per heavy atom. The third-order valence-corrected chi connectivity index (χ3v) is 4.85. The fourth-order valence-corrected chi connectivity index (χ4v) is 2.99. The first kappa shape index (κ1) is 22.6. The predicted octanol–water partition coefficient (Wildman–Crippen LogP) is -0.234. The summed E-state index contributed by atoms with van der Waals surface area (Å²) >= 11 is 0. The Labute approximate surface area is 158 Å². The highest BCUT2D eigenvalue weighted by Crippen LogP contribution is 2.14. The third-order valence-electron chi connectivity index (χ3n) is 3.46. The number of carbonyl (C=O) groups excluding carboxylic acids is 3. The van der Waals surface area contributed by atoms with Crippen LogP contribution in [0.2, 0.25) is 0 Å². The highest BCUT2D eigenvalue weighted by atomic mass is 32.2. The van der Waals surface area contributed by atoms with Crippen LogP contribution in [0.15, 0.2) is 23.1 Å². The van der Waals surface area contributed by atoms with E-state index in [1.807, 2.05) is 6.92 Å². The minimum atomic E-state index is -3.85. The van der Waals surface area contributed by atoms with E-state index in [2.05, 4.69) is 20.1 Å². The molecule has 0 aliphatic carbocycles. The zero-order valence-electron chi connectivity index (χ0n) is 15.8. The molecule has 0 heterocycles. The summed E-state index contributed by atoms with van der Waals surface area (Å²) in [6.07, 6.45) is 0. The van der Waals surface area contributed by atoms with Crippen LogP contribution in [0.3, 0.4) is 0 Å². The highest BCUT2D eigenvalue weighted by Gasteiger charge is 2.17. The zero-order chi connectivity index (χ0) is 20.6. The van der Waals surface area contributed by atoms with Crippen molar-refractivity contribution < 1.29 is 27.5 Å². The average Bonchev–Trinajstić information content (AvgIpc) is 2.58. The Balaban J connectivity index is 2.41. The Morgan fingerprint density at radius 1 is 1.04 bits per heavy atom. The van der Waals surface area contributed by atoms with Crippen molar-refractivity contribution in [2.24, 2.45) is 0 Å². The smallest absolute Gasteiger partial charge is 0.325 e. The van der Waals surface area contributed by atoms with Gasteiger partial charge in [-0.3, -0.25) is 14.4 Å². The van der Waals surface area contributed by atoms with Crippen LogP contribution >= 0.6 is 0 Å². The first-order valence-corrected chi connectivity index (χ1v) is 9.78. The predicted molar refractivity (Wildman–Crippen MR) is 98.4 cm³/mol. The molecule has 1 aromatic carbocycles. The fourth-order valence-electron chi connectivity index (χ4n) is 1.92. The number of sulfonamides is 1. The molecule has 10 heteroatoms. The minimum Gasteiger partial charge on any atom is -0.454 e. The maximum atomic E-state index is 12.2. The summed E-state index contributed by atoms with van der Waals surface area (Å²) in [5.74, 6) is -1.96. The van der Waals surface area contributed by atoms with E-state index in [4.69, 9.17) is 0 Å². The van der Waals surface area contributed by atoms with Crippen LogP contribution in [0.4, 0.5) is 0 Å². The molecule has 0 aliphatic rings. The van der Waals surface area contributed by atoms with E-state index in [1.54, 1.807) is 26.8 Å². The van der Waals surface area contributed by atoms with Gasteiger partial charge < -0.3 is 15.4 Å². The van der Waals surface area contributed by atoms with Crippen LogP contribution in [-0.4, -0.2) is 51.9 Å². The number of hydrogen-bond donors (Lipinski definition) is 3. The topological polar surface area (TPSA) is 131 Å². The number of aryl methyl sites for hydroxylation is 2. The van der Waals surface area contributed by atoms with Gasteiger partial charge >= 0.3 is 5.97 Å². The van der Waals surface area contributed by atoms with E-state index >= 15 is 0 Å². The highest BCUT2D eigenvalue weighted by molar-refractivity contribution is 7.89. The molecule has 0 saturated heterocycles. The van der Waals surface area contributed by atoms with Gasteiger partial charge in [-0.15, -0.1) is 0 Å². The van der Waals surface area contributed by atoms with E-state index in [-0.39, 0.29) is 10.9 Å². The fraction of sp³-hybridized carbons (Fsp3) is 0.471. The SMILES string of the molecule is Cc1ccc(S(=O)(=O)NCC(=O)NCC(=O)OCC(=O)NC(C)C)cc1C. The Hall–Kier alpha value is -2.46. The Kier molecular flexibility index (Phi) is 8.38. The number of rotatable bonds is 9. The first-order valence-electron chi connectivity index (χ1n) is 8.30. The summed E-state index contributed by atoms with van der Waals surface area (Å²) in [4.78, 5) is 34.6. The monoisotopic (exact) mass is 399 g/mol. The van der Waals surface area contributed by atoms with E-state index in [1.165, 1.54) is 12.1 Å². The van der Waals surface area contributed by atoms with Gasteiger partial charge in [-0.1, -0.05) is 6.07 Å². The molecule has 0 spiro atoms. The molecule has 27 heavy (non-hydrogen) atoms. The molecule has 0 bridgehead atoms. The van der Waals surface area contributed by atoms with Crippen molar-refractivity contribution in [1.29, 1.82) is 0 Å². The van der Waals surface area contributed by atoms with Crippen molar-refractivity contribution in [3.8, 4) is 0 Å². The summed E-state index contributed by atoms with van der Waals surface area (Å²) in [5.41, 5.74) is 1.76. The first-order chi connectivity index (χ1) is 12.5. The molecular formula is C17H25N3O6S. The molecule has 1 rings (SSSR count). The number of benzene rings is 1. The van der Waals surface area contributed by atoms with Crippen LogP contribution in [0, 0.1) is 13.8 Å². The van der Waals surface area contributed by atoms with E-state index in [9.17, 15) is 22.8 Å². The molecule has 0 atom stereocenters. The summed E-state index contributed by atoms with van der Waals surface area (Å²) < 4.78 is 31.2. The largest absolute Gasteiger partial charge is 0.454 e. The standard InChI is InChI=1S/C17H25N3O6S/c1-11(2)20-16(22)10-26-17(23)9-18-15(21)8-19-27(24,25)14-6-5-12(3)13(4)7-14/h5-7,11,19H,8-10H2,1-4H3,(H,18,21)(H,20,22). The van der Waals surface area contributed by atoms with Crippen LogP contribution in [0.5, 0.6) is 0 Å². The van der Waals surface area contributed by atoms with Crippen LogP contribution in [0.1, 0.15) is 25.0 Å². The van der Waals surface area contributed by atoms with Gasteiger partial charge in [0.2, 0.25) is 15.9 Å². The van der Waals surface area contributed by atoms with Crippen LogP contribution in [-0.2, 0) is 29.1 Å². The lowest BCUT2D eigenvalue weighted by atomic mass is 10.1. The van der Waals surface area contributed by atoms with Gasteiger partial charge in [0.25, 0.3) is 5.91 Å². The lowest BCUT2D eigenvalue weighted by Crippen LogP contribution is -2.40. The molecular weight excluding hydrogens is 374 g/mol. The molecule has 3 N–H and O–H groups in total. The number of carbonyl (C=O) groups is 3. The number of nitrogens with one attached hydrogen (secondary N) is 3. The Morgan fingerprint density at radius 2 is 1.70 bits per heavy atom. The summed E-state index contributed by atoms with van der Waals surface area (Å²) in [5, 5.41) is 4.76. The van der Waals surface area contributed by atoms with Crippen molar-refractivity contribution in [3.05, 3.63) is 29.3 Å². The van der Waals surface area contributed by atoms with E-state index in [0.717, 1.165) is 11.1 Å². The maximum Gasteiger partial charge on any atom is 0.325 e. The van der Waals surface area contributed by atoms with Crippen molar-refractivity contribution in [1.82, 2.24) is 15.4 Å². The number of amides is 2. The number of ether oxygens (including phenoxy) is 1. The Bertz CT molecular complexity index is 805. The third kappa shape index (κ3) is 8.18. The molecule has 9 nitrogen and oxygen atoms in total. The van der Waals surface area contributed by atoms with E-state index < -0.39 is 47.5 Å². The minimum absolute atomic E-state index is 0.0500. The molecule has 0 radical (unpaired) electrons. The quantitative estimate of drug-likeness (QED) is 0.492. The van der Waals surface area contributed by atoms with Gasteiger partial charge in [0.15, 0.2) is 6.61 Å². The molecule has 0 saturated carbocycles. The molecule has 0 unspecified atom stereocenters. The lowest BCUT2D eigenvalue weighted by Gasteiger charge is -2.10. The summed E-state index contributed by atoms with van der Waals surface area (Å²) in [7, 11) is -3.85. The normalized spacial score (nSPS) is 11.1. The molecule has 1 aromatic rings. The molecule has 0 aromatic heterocycles. The van der Waals surface area contributed by atoms with Gasteiger partial charge in [0, 0.05) is 6.04 Å². The zero-order valence-corrected chi connectivity index (χ0v) is 16.6. The van der Waals surface area contributed by atoms with Crippen molar-refractivity contribution in [2.45, 2.75) is 38.6 Å². The summed E-state index contributed by atoms with van der Waals surface area (Å²) in [6, 6.07) is 4.55. The van der Waals surface area contributed by atoms with Crippen molar-refractivity contribution in [2.75, 3.05) is 19.7 Å². The van der Waals surface area contributed by atoms with Crippen molar-refractivity contribution in [3.63, 3.8) is 0 Å². The van der Waals surface area contributed by atoms with E-state index in [0.29, 0.717) is 0 Å². The van der Waals surface area contributed by atoms with Gasteiger partial charge in [-0.25, -0.2) is 13.1 Å². The molecule has 0 fully saturated rings. The lowest BCUT2D eigenvalue weighted by molar-refractivity contribution is -0.148. The molecule has 150 valence electrons. The maximum absolute atomic E-state index is 12.2. The van der Waals surface area contributed by atoms with Gasteiger partial charge in [0.05, 0.1) is 11.4 Å².